The number of carboxylic acids is 1. The van der Waals surface area contributed by atoms with E-state index in [0.717, 1.165) is 23.6 Å². The Kier molecular flexibility index (Phi) is 5.27. The summed E-state index contributed by atoms with van der Waals surface area (Å²) >= 11 is 0. The number of nitrogens with one attached hydrogen (secondary N) is 2. The zero-order chi connectivity index (χ0) is 16.1. The van der Waals surface area contributed by atoms with E-state index in [0.29, 0.717) is 18.0 Å². The minimum absolute atomic E-state index is 0.0458. The van der Waals surface area contributed by atoms with Crippen molar-refractivity contribution in [1.82, 2.24) is 20.5 Å². The van der Waals surface area contributed by atoms with Gasteiger partial charge in [-0.15, -0.1) is 0 Å². The predicted octanol–water partition coefficient (Wildman–Crippen LogP) is 2.87. The number of hydrogen-bond donors (Lipinski definition) is 3. The van der Waals surface area contributed by atoms with E-state index in [1.807, 2.05) is 19.1 Å². The average Bonchev–Trinajstić information content (AvgIpc) is 3.02. The average molecular weight is 302 g/mol. The van der Waals surface area contributed by atoms with Gasteiger partial charge in [-0.1, -0.05) is 26.0 Å². The highest BCUT2D eigenvalue weighted by Crippen LogP contribution is 2.16. The second kappa shape index (κ2) is 7.17. The summed E-state index contributed by atoms with van der Waals surface area (Å²) in [4.78, 5) is 15.3. The molecule has 1 aromatic heterocycles. The van der Waals surface area contributed by atoms with Gasteiger partial charge in [0.25, 0.3) is 0 Å². The van der Waals surface area contributed by atoms with Crippen molar-refractivity contribution < 1.29 is 9.90 Å². The third-order valence-electron chi connectivity index (χ3n) is 3.80. The first-order chi connectivity index (χ1) is 10.5. The Morgan fingerprint density at radius 1 is 1.32 bits per heavy atom. The van der Waals surface area contributed by atoms with Gasteiger partial charge in [0.1, 0.15) is 5.82 Å². The zero-order valence-electron chi connectivity index (χ0n) is 13.1. The van der Waals surface area contributed by atoms with E-state index >= 15 is 0 Å². The molecule has 0 radical (unpaired) electrons. The Morgan fingerprint density at radius 2 is 2.00 bits per heavy atom. The number of rotatable bonds is 7. The minimum Gasteiger partial charge on any atom is -0.478 e. The van der Waals surface area contributed by atoms with Gasteiger partial charge in [-0.25, -0.2) is 9.78 Å². The fourth-order valence-corrected chi connectivity index (χ4v) is 2.02. The maximum absolute atomic E-state index is 10.8. The normalized spacial score (nSPS) is 13.8. The Bertz CT molecular complexity index is 621. The van der Waals surface area contributed by atoms with Crippen molar-refractivity contribution in [3.8, 4) is 0 Å². The summed E-state index contributed by atoms with van der Waals surface area (Å²) in [5.41, 5.74) is 1.32. The molecule has 0 saturated heterocycles. The smallest absolute Gasteiger partial charge is 0.335 e. The molecule has 2 rings (SSSR count). The van der Waals surface area contributed by atoms with Gasteiger partial charge in [0.05, 0.1) is 11.6 Å². The van der Waals surface area contributed by atoms with E-state index in [1.54, 1.807) is 12.1 Å². The number of carboxylic acid groups (broad SMARTS) is 1. The number of aromatic carboxylic acids is 1. The van der Waals surface area contributed by atoms with Crippen molar-refractivity contribution >= 4 is 5.97 Å². The second-order valence-electron chi connectivity index (χ2n) is 5.49. The largest absolute Gasteiger partial charge is 0.478 e. The molecule has 0 aliphatic rings. The van der Waals surface area contributed by atoms with Crippen molar-refractivity contribution in [2.45, 2.75) is 45.7 Å². The number of benzene rings is 1. The van der Waals surface area contributed by atoms with E-state index < -0.39 is 5.97 Å². The monoisotopic (exact) mass is 302 g/mol. The standard InChI is InChI=1S/C16H22N4O2/c1-4-10(2)14-18-15(20-19-14)11(3)17-9-12-5-7-13(8-6-12)16(21)22/h5-8,10-11,17H,4,9H2,1-3H3,(H,21,22)(H,18,19,20). The Morgan fingerprint density at radius 3 is 2.59 bits per heavy atom. The molecule has 1 aromatic carbocycles. The van der Waals surface area contributed by atoms with E-state index in [4.69, 9.17) is 5.11 Å². The van der Waals surface area contributed by atoms with Crippen LogP contribution >= 0.6 is 0 Å². The molecule has 0 saturated carbocycles. The number of aromatic amines is 1. The summed E-state index contributed by atoms with van der Waals surface area (Å²) in [6.45, 7) is 6.88. The molecular weight excluding hydrogens is 280 g/mol. The first kappa shape index (κ1) is 16.2. The minimum atomic E-state index is -0.910. The molecule has 0 amide bonds. The van der Waals surface area contributed by atoms with Gasteiger partial charge in [-0.05, 0) is 31.0 Å². The summed E-state index contributed by atoms with van der Waals surface area (Å²) in [6.07, 6.45) is 1.01. The molecule has 118 valence electrons. The third kappa shape index (κ3) is 3.92. The summed E-state index contributed by atoms with van der Waals surface area (Å²) in [5.74, 6) is 1.10. The van der Waals surface area contributed by atoms with Crippen LogP contribution in [-0.2, 0) is 6.54 Å². The fourth-order valence-electron chi connectivity index (χ4n) is 2.02. The number of H-pyrrole nitrogens is 1. The Balaban J connectivity index is 1.93. The molecule has 0 bridgehead atoms. The molecule has 22 heavy (non-hydrogen) atoms. The number of nitrogens with zero attached hydrogens (tertiary/aromatic N) is 2. The molecule has 3 N–H and O–H groups in total. The summed E-state index contributed by atoms with van der Waals surface area (Å²) in [5, 5.41) is 19.5. The molecule has 0 aliphatic heterocycles. The fraction of sp³-hybridized carbons (Fsp3) is 0.438. The highest BCUT2D eigenvalue weighted by Gasteiger charge is 2.14. The first-order valence-electron chi connectivity index (χ1n) is 7.49. The lowest BCUT2D eigenvalue weighted by Gasteiger charge is -2.11. The third-order valence-corrected chi connectivity index (χ3v) is 3.80. The van der Waals surface area contributed by atoms with Crippen LogP contribution in [0.25, 0.3) is 0 Å². The molecule has 1 heterocycles. The van der Waals surface area contributed by atoms with Crippen molar-refractivity contribution in [1.29, 1.82) is 0 Å². The van der Waals surface area contributed by atoms with E-state index in [1.165, 1.54) is 0 Å². The van der Waals surface area contributed by atoms with Crippen LogP contribution in [0.1, 0.15) is 66.7 Å². The van der Waals surface area contributed by atoms with E-state index in [9.17, 15) is 4.79 Å². The van der Waals surface area contributed by atoms with Crippen LogP contribution in [0.5, 0.6) is 0 Å². The lowest BCUT2D eigenvalue weighted by molar-refractivity contribution is 0.0697. The SMILES string of the molecule is CCC(C)c1n[nH]c(C(C)NCc2ccc(C(=O)O)cc2)n1. The zero-order valence-corrected chi connectivity index (χ0v) is 13.1. The van der Waals surface area contributed by atoms with Crippen LogP contribution in [-0.4, -0.2) is 26.3 Å². The van der Waals surface area contributed by atoms with Gasteiger partial charge in [-0.3, -0.25) is 5.10 Å². The van der Waals surface area contributed by atoms with Crippen LogP contribution in [0, 0.1) is 0 Å². The highest BCUT2D eigenvalue weighted by molar-refractivity contribution is 5.87. The van der Waals surface area contributed by atoms with Gasteiger partial charge in [-0.2, -0.15) is 5.10 Å². The van der Waals surface area contributed by atoms with E-state index in [2.05, 4.69) is 34.3 Å². The molecule has 6 nitrogen and oxygen atoms in total. The number of hydrogen-bond acceptors (Lipinski definition) is 4. The maximum Gasteiger partial charge on any atom is 0.335 e. The first-order valence-corrected chi connectivity index (χ1v) is 7.49. The predicted molar refractivity (Wildman–Crippen MR) is 83.7 cm³/mol. The summed E-state index contributed by atoms with van der Waals surface area (Å²) in [7, 11) is 0. The van der Waals surface area contributed by atoms with E-state index in [-0.39, 0.29) is 6.04 Å². The topological polar surface area (TPSA) is 90.9 Å². The second-order valence-corrected chi connectivity index (χ2v) is 5.49. The van der Waals surface area contributed by atoms with Crippen LogP contribution < -0.4 is 5.32 Å². The van der Waals surface area contributed by atoms with Crippen LogP contribution in [0.4, 0.5) is 0 Å². The molecule has 6 heteroatoms. The molecule has 0 fully saturated rings. The Labute approximate surface area is 130 Å². The van der Waals surface area contributed by atoms with Crippen molar-refractivity contribution in [2.24, 2.45) is 0 Å². The molecule has 0 spiro atoms. The van der Waals surface area contributed by atoms with Crippen molar-refractivity contribution in [3.05, 3.63) is 47.0 Å². The quantitative estimate of drug-likeness (QED) is 0.731. The van der Waals surface area contributed by atoms with Crippen LogP contribution in [0.15, 0.2) is 24.3 Å². The number of aromatic nitrogens is 3. The summed E-state index contributed by atoms with van der Waals surface area (Å²) < 4.78 is 0. The number of carbonyl (C=O) groups is 1. The molecule has 2 aromatic rings. The highest BCUT2D eigenvalue weighted by atomic mass is 16.4. The molecular formula is C16H22N4O2. The Hall–Kier alpha value is -2.21. The van der Waals surface area contributed by atoms with Gasteiger partial charge in [0.15, 0.2) is 5.82 Å². The summed E-state index contributed by atoms with van der Waals surface area (Å²) in [6, 6.07) is 6.89. The van der Waals surface area contributed by atoms with Crippen LogP contribution in [0.3, 0.4) is 0 Å². The van der Waals surface area contributed by atoms with Crippen LogP contribution in [0.2, 0.25) is 0 Å². The molecule has 2 atom stereocenters. The molecule has 0 aliphatic carbocycles. The van der Waals surface area contributed by atoms with Gasteiger partial charge >= 0.3 is 5.97 Å². The maximum atomic E-state index is 10.8. The van der Waals surface area contributed by atoms with Gasteiger partial charge in [0.2, 0.25) is 0 Å². The van der Waals surface area contributed by atoms with Gasteiger partial charge < -0.3 is 10.4 Å². The van der Waals surface area contributed by atoms with Crippen molar-refractivity contribution in [2.75, 3.05) is 0 Å². The lowest BCUT2D eigenvalue weighted by Crippen LogP contribution is -2.19. The molecule has 2 unspecified atom stereocenters. The van der Waals surface area contributed by atoms with Gasteiger partial charge in [0, 0.05) is 12.5 Å². The lowest BCUT2D eigenvalue weighted by atomic mass is 10.1. The van der Waals surface area contributed by atoms with Crippen molar-refractivity contribution in [3.63, 3.8) is 0 Å².